The summed E-state index contributed by atoms with van der Waals surface area (Å²) >= 11 is 0. The molecular formula is C21H28N2O3. The van der Waals surface area contributed by atoms with Crippen molar-refractivity contribution in [1.82, 2.24) is 10.2 Å². The maximum atomic E-state index is 12.8. The Morgan fingerprint density at radius 2 is 2.08 bits per heavy atom. The fourth-order valence-corrected chi connectivity index (χ4v) is 4.66. The van der Waals surface area contributed by atoms with Crippen LogP contribution in [0.2, 0.25) is 0 Å². The van der Waals surface area contributed by atoms with E-state index in [0.717, 1.165) is 25.9 Å². The van der Waals surface area contributed by atoms with Gasteiger partial charge in [-0.15, -0.1) is 0 Å². The van der Waals surface area contributed by atoms with Gasteiger partial charge in [-0.1, -0.05) is 29.8 Å². The quantitative estimate of drug-likeness (QED) is 0.902. The smallest absolute Gasteiger partial charge is 0.407 e. The van der Waals surface area contributed by atoms with Crippen LogP contribution in [0.3, 0.4) is 0 Å². The van der Waals surface area contributed by atoms with E-state index in [1.54, 1.807) is 0 Å². The minimum absolute atomic E-state index is 0.0476. The minimum Gasteiger partial charge on any atom is -0.447 e. The van der Waals surface area contributed by atoms with E-state index in [1.165, 1.54) is 17.5 Å². The number of carbonyl (C=O) groups excluding carboxylic acids is 2. The third kappa shape index (κ3) is 3.08. The van der Waals surface area contributed by atoms with Crippen molar-refractivity contribution in [2.75, 3.05) is 13.1 Å². The number of benzene rings is 1. The lowest BCUT2D eigenvalue weighted by molar-refractivity contribution is -0.138. The summed E-state index contributed by atoms with van der Waals surface area (Å²) in [5.41, 5.74) is 2.88. The molecule has 0 aromatic heterocycles. The first-order valence-electron chi connectivity index (χ1n) is 9.70. The van der Waals surface area contributed by atoms with Crippen molar-refractivity contribution in [2.45, 2.75) is 57.6 Å². The molecule has 1 aromatic carbocycles. The summed E-state index contributed by atoms with van der Waals surface area (Å²) in [4.78, 5) is 26.5. The van der Waals surface area contributed by atoms with Crippen molar-refractivity contribution in [3.63, 3.8) is 0 Å². The van der Waals surface area contributed by atoms with Gasteiger partial charge in [-0.05, 0) is 51.5 Å². The average molecular weight is 356 g/mol. The van der Waals surface area contributed by atoms with Crippen molar-refractivity contribution >= 4 is 12.0 Å². The number of likely N-dealkylation sites (tertiary alicyclic amines) is 1. The molecule has 1 N–H and O–H groups in total. The molecule has 4 rings (SSSR count). The monoisotopic (exact) mass is 356 g/mol. The van der Waals surface area contributed by atoms with Gasteiger partial charge in [-0.25, -0.2) is 4.79 Å². The lowest BCUT2D eigenvalue weighted by Gasteiger charge is -2.37. The number of rotatable bonds is 4. The summed E-state index contributed by atoms with van der Waals surface area (Å²) < 4.78 is 5.10. The number of carbonyl (C=O) groups is 2. The molecule has 2 amide bonds. The molecule has 0 radical (unpaired) electrons. The van der Waals surface area contributed by atoms with E-state index in [0.29, 0.717) is 5.92 Å². The molecule has 3 aliphatic rings. The Labute approximate surface area is 155 Å². The SMILES string of the molecule is Cc1cccc(C23CC2CN(C(=O)C2CC(NC(=O)OC(C)C)C2)C3)c1. The molecule has 1 heterocycles. The van der Waals surface area contributed by atoms with E-state index in [4.69, 9.17) is 4.74 Å². The molecule has 2 aliphatic carbocycles. The fraction of sp³-hybridized carbons (Fsp3) is 0.619. The summed E-state index contributed by atoms with van der Waals surface area (Å²) in [7, 11) is 0. The Morgan fingerprint density at radius 1 is 1.31 bits per heavy atom. The van der Waals surface area contributed by atoms with Gasteiger partial charge in [0.25, 0.3) is 0 Å². The van der Waals surface area contributed by atoms with Gasteiger partial charge in [0.2, 0.25) is 5.91 Å². The maximum absolute atomic E-state index is 12.8. The van der Waals surface area contributed by atoms with Gasteiger partial charge in [-0.2, -0.15) is 0 Å². The van der Waals surface area contributed by atoms with Gasteiger partial charge >= 0.3 is 6.09 Å². The van der Waals surface area contributed by atoms with Gasteiger partial charge in [0.05, 0.1) is 6.10 Å². The Balaban J connectivity index is 1.30. The van der Waals surface area contributed by atoms with Crippen LogP contribution in [0.4, 0.5) is 4.79 Å². The highest BCUT2D eigenvalue weighted by Crippen LogP contribution is 2.59. The van der Waals surface area contributed by atoms with E-state index in [9.17, 15) is 9.59 Å². The minimum atomic E-state index is -0.378. The zero-order chi connectivity index (χ0) is 18.5. The summed E-state index contributed by atoms with van der Waals surface area (Å²) in [5.74, 6) is 0.925. The second-order valence-corrected chi connectivity index (χ2v) is 8.61. The molecule has 2 atom stereocenters. The third-order valence-electron chi connectivity index (χ3n) is 6.20. The van der Waals surface area contributed by atoms with Gasteiger partial charge in [0.1, 0.15) is 0 Å². The lowest BCUT2D eigenvalue weighted by atomic mass is 9.79. The van der Waals surface area contributed by atoms with E-state index in [-0.39, 0.29) is 35.5 Å². The first kappa shape index (κ1) is 17.4. The van der Waals surface area contributed by atoms with Crippen molar-refractivity contribution in [3.8, 4) is 0 Å². The van der Waals surface area contributed by atoms with Gasteiger partial charge < -0.3 is 15.0 Å². The maximum Gasteiger partial charge on any atom is 0.407 e. The van der Waals surface area contributed by atoms with E-state index < -0.39 is 0 Å². The van der Waals surface area contributed by atoms with Crippen LogP contribution in [-0.4, -0.2) is 42.1 Å². The van der Waals surface area contributed by atoms with Crippen molar-refractivity contribution < 1.29 is 14.3 Å². The molecule has 5 heteroatoms. The molecule has 140 valence electrons. The Kier molecular flexibility index (Phi) is 4.20. The summed E-state index contributed by atoms with van der Waals surface area (Å²) in [6.45, 7) is 7.52. The molecule has 2 unspecified atom stereocenters. The Morgan fingerprint density at radius 3 is 2.77 bits per heavy atom. The average Bonchev–Trinajstić information content (AvgIpc) is 3.11. The van der Waals surface area contributed by atoms with Crippen molar-refractivity contribution in [2.24, 2.45) is 11.8 Å². The summed E-state index contributed by atoms with van der Waals surface area (Å²) in [6, 6.07) is 8.80. The number of aryl methyl sites for hydroxylation is 1. The van der Waals surface area contributed by atoms with Crippen LogP contribution in [0, 0.1) is 18.8 Å². The zero-order valence-electron chi connectivity index (χ0n) is 15.8. The molecule has 1 aromatic rings. The molecule has 5 nitrogen and oxygen atoms in total. The summed E-state index contributed by atoms with van der Waals surface area (Å²) in [5, 5.41) is 2.85. The molecule has 2 saturated carbocycles. The number of fused-ring (bicyclic) bond motifs is 1. The first-order chi connectivity index (χ1) is 12.4. The van der Waals surface area contributed by atoms with Gasteiger partial charge in [0, 0.05) is 30.5 Å². The molecule has 0 bridgehead atoms. The van der Waals surface area contributed by atoms with Crippen LogP contribution < -0.4 is 5.32 Å². The largest absolute Gasteiger partial charge is 0.447 e. The fourth-order valence-electron chi connectivity index (χ4n) is 4.66. The number of piperidine rings is 1. The molecule has 1 aliphatic heterocycles. The van der Waals surface area contributed by atoms with Crippen LogP contribution in [-0.2, 0) is 14.9 Å². The predicted molar refractivity (Wildman–Crippen MR) is 98.8 cm³/mol. The summed E-state index contributed by atoms with van der Waals surface area (Å²) in [6.07, 6.45) is 2.16. The highest BCUT2D eigenvalue weighted by molar-refractivity contribution is 5.81. The molecule has 0 spiro atoms. The molecule has 1 saturated heterocycles. The van der Waals surface area contributed by atoms with E-state index >= 15 is 0 Å². The van der Waals surface area contributed by atoms with Crippen LogP contribution >= 0.6 is 0 Å². The number of nitrogens with one attached hydrogen (secondary N) is 1. The Hall–Kier alpha value is -2.04. The Bertz CT molecular complexity index is 726. The number of hydrogen-bond acceptors (Lipinski definition) is 3. The number of ether oxygens (including phenoxy) is 1. The number of hydrogen-bond donors (Lipinski definition) is 1. The van der Waals surface area contributed by atoms with Crippen LogP contribution in [0.25, 0.3) is 0 Å². The lowest BCUT2D eigenvalue weighted by Crippen LogP contribution is -2.50. The van der Waals surface area contributed by atoms with Crippen molar-refractivity contribution in [1.29, 1.82) is 0 Å². The van der Waals surface area contributed by atoms with E-state index in [2.05, 4.69) is 41.4 Å². The predicted octanol–water partition coefficient (Wildman–Crippen LogP) is 3.01. The third-order valence-corrected chi connectivity index (χ3v) is 6.20. The van der Waals surface area contributed by atoms with Crippen LogP contribution in [0.1, 0.15) is 44.2 Å². The molecule has 3 fully saturated rings. The second-order valence-electron chi connectivity index (χ2n) is 8.61. The first-order valence-corrected chi connectivity index (χ1v) is 9.70. The van der Waals surface area contributed by atoms with Crippen LogP contribution in [0.15, 0.2) is 24.3 Å². The molecular weight excluding hydrogens is 328 g/mol. The highest BCUT2D eigenvalue weighted by atomic mass is 16.6. The molecule has 26 heavy (non-hydrogen) atoms. The van der Waals surface area contributed by atoms with Crippen molar-refractivity contribution in [3.05, 3.63) is 35.4 Å². The number of alkyl carbamates (subject to hydrolysis) is 1. The van der Waals surface area contributed by atoms with E-state index in [1.807, 2.05) is 13.8 Å². The normalized spacial score (nSPS) is 32.0. The standard InChI is InChI=1S/C21H28N2O3/c1-13(2)26-20(25)22-18-8-15(9-18)19(24)23-11-17-10-21(17,12-23)16-6-4-5-14(3)7-16/h4-7,13,15,17-18H,8-12H2,1-3H3,(H,22,25). The number of nitrogens with zero attached hydrogens (tertiary/aromatic N) is 1. The van der Waals surface area contributed by atoms with Gasteiger partial charge in [0.15, 0.2) is 0 Å². The van der Waals surface area contributed by atoms with Crippen LogP contribution in [0.5, 0.6) is 0 Å². The number of amides is 2. The topological polar surface area (TPSA) is 58.6 Å². The zero-order valence-corrected chi connectivity index (χ0v) is 15.8. The van der Waals surface area contributed by atoms with Gasteiger partial charge in [-0.3, -0.25) is 4.79 Å². The highest BCUT2D eigenvalue weighted by Gasteiger charge is 2.62. The second kappa shape index (κ2) is 6.29.